The molecular weight excluding hydrogens is 232 g/mol. The van der Waals surface area contributed by atoms with Crippen LogP contribution in [0.15, 0.2) is 12.1 Å². The Morgan fingerprint density at radius 3 is 3.06 bits per heavy atom. The molecule has 2 atom stereocenters. The summed E-state index contributed by atoms with van der Waals surface area (Å²) < 4.78 is 0. The fourth-order valence-electron chi connectivity index (χ4n) is 1.67. The quantitative estimate of drug-likeness (QED) is 0.793. The van der Waals surface area contributed by atoms with Crippen LogP contribution in [0.3, 0.4) is 0 Å². The molecule has 1 aliphatic carbocycles. The number of nitrogens with two attached hydrogens (primary N) is 1. The van der Waals surface area contributed by atoms with Crippen LogP contribution in [-0.4, -0.2) is 12.5 Å². The van der Waals surface area contributed by atoms with E-state index in [0.717, 1.165) is 16.2 Å². The summed E-state index contributed by atoms with van der Waals surface area (Å²) in [6.07, 6.45) is 1.03. The first-order valence-corrected chi connectivity index (χ1v) is 6.57. The molecule has 3 N–H and O–H groups in total. The fraction of sp³-hybridized carbons (Fsp3) is 0.462. The van der Waals surface area contributed by atoms with Crippen LogP contribution in [0.25, 0.3) is 0 Å². The van der Waals surface area contributed by atoms with E-state index in [-0.39, 0.29) is 11.8 Å². The molecule has 1 saturated carbocycles. The van der Waals surface area contributed by atoms with Crippen molar-refractivity contribution in [3.8, 4) is 11.8 Å². The summed E-state index contributed by atoms with van der Waals surface area (Å²) in [5.74, 6) is 6.79. The minimum atomic E-state index is 0.181. The first kappa shape index (κ1) is 12.2. The Bertz CT molecular complexity index is 469. The van der Waals surface area contributed by atoms with Crippen LogP contribution in [0.5, 0.6) is 0 Å². The number of amides is 1. The predicted molar refractivity (Wildman–Crippen MR) is 69.4 cm³/mol. The van der Waals surface area contributed by atoms with E-state index >= 15 is 0 Å². The molecule has 3 nitrogen and oxygen atoms in total. The van der Waals surface area contributed by atoms with Gasteiger partial charge in [-0.1, -0.05) is 18.8 Å². The molecule has 0 bridgehead atoms. The second kappa shape index (κ2) is 5.35. The molecule has 1 heterocycles. The van der Waals surface area contributed by atoms with Crippen molar-refractivity contribution in [1.29, 1.82) is 0 Å². The highest BCUT2D eigenvalue weighted by atomic mass is 32.1. The zero-order valence-corrected chi connectivity index (χ0v) is 10.6. The van der Waals surface area contributed by atoms with Crippen molar-refractivity contribution in [2.24, 2.45) is 17.6 Å². The van der Waals surface area contributed by atoms with Crippen molar-refractivity contribution in [1.82, 2.24) is 5.32 Å². The molecule has 1 aliphatic rings. The van der Waals surface area contributed by atoms with Gasteiger partial charge in [-0.25, -0.2) is 0 Å². The highest BCUT2D eigenvalue weighted by Gasteiger charge is 2.38. The van der Waals surface area contributed by atoms with Crippen LogP contribution in [0, 0.1) is 23.7 Å². The maximum atomic E-state index is 11.6. The van der Waals surface area contributed by atoms with Crippen LogP contribution in [-0.2, 0) is 11.3 Å². The zero-order chi connectivity index (χ0) is 12.3. The van der Waals surface area contributed by atoms with Gasteiger partial charge in [-0.3, -0.25) is 4.79 Å². The molecule has 90 valence electrons. The van der Waals surface area contributed by atoms with Gasteiger partial charge in [-0.15, -0.1) is 11.3 Å². The number of nitrogens with one attached hydrogen (secondary N) is 1. The third-order valence-electron chi connectivity index (χ3n) is 2.86. The molecule has 2 unspecified atom stereocenters. The molecule has 1 aromatic heterocycles. The second-order valence-electron chi connectivity index (χ2n) is 4.31. The van der Waals surface area contributed by atoms with Crippen LogP contribution < -0.4 is 11.1 Å². The van der Waals surface area contributed by atoms with Gasteiger partial charge in [0.1, 0.15) is 0 Å². The fourth-order valence-corrected chi connectivity index (χ4v) is 2.49. The lowest BCUT2D eigenvalue weighted by atomic mass is 10.3. The molecule has 1 fully saturated rings. The monoisotopic (exact) mass is 248 g/mol. The van der Waals surface area contributed by atoms with Gasteiger partial charge in [-0.05, 0) is 24.5 Å². The van der Waals surface area contributed by atoms with Gasteiger partial charge in [0.05, 0.1) is 18.0 Å². The predicted octanol–water partition coefficient (Wildman–Crippen LogP) is 1.33. The molecule has 0 radical (unpaired) electrons. The first-order valence-electron chi connectivity index (χ1n) is 5.76. The largest absolute Gasteiger partial charge is 0.351 e. The lowest BCUT2D eigenvalue weighted by Crippen LogP contribution is -2.24. The van der Waals surface area contributed by atoms with E-state index in [2.05, 4.69) is 24.1 Å². The maximum absolute atomic E-state index is 11.6. The van der Waals surface area contributed by atoms with Gasteiger partial charge in [0, 0.05) is 10.8 Å². The summed E-state index contributed by atoms with van der Waals surface area (Å²) in [5.41, 5.74) is 5.31. The van der Waals surface area contributed by atoms with E-state index in [1.54, 1.807) is 11.3 Å². The molecule has 0 aromatic carbocycles. The maximum Gasteiger partial charge on any atom is 0.223 e. The van der Waals surface area contributed by atoms with Crippen molar-refractivity contribution in [2.45, 2.75) is 19.9 Å². The zero-order valence-electron chi connectivity index (χ0n) is 9.82. The molecule has 17 heavy (non-hydrogen) atoms. The van der Waals surface area contributed by atoms with Crippen molar-refractivity contribution in [3.05, 3.63) is 21.9 Å². The number of rotatable bonds is 3. The molecule has 1 amide bonds. The molecule has 2 rings (SSSR count). The minimum Gasteiger partial charge on any atom is -0.351 e. The second-order valence-corrected chi connectivity index (χ2v) is 5.48. The smallest absolute Gasteiger partial charge is 0.223 e. The van der Waals surface area contributed by atoms with Gasteiger partial charge in [0.2, 0.25) is 5.91 Å². The molecular formula is C13H16N2OS. The van der Waals surface area contributed by atoms with E-state index in [4.69, 9.17) is 5.73 Å². The minimum absolute atomic E-state index is 0.181. The van der Waals surface area contributed by atoms with E-state index < -0.39 is 0 Å². The molecule has 0 saturated heterocycles. The Morgan fingerprint density at radius 2 is 2.41 bits per heavy atom. The van der Waals surface area contributed by atoms with E-state index in [1.807, 2.05) is 12.1 Å². The summed E-state index contributed by atoms with van der Waals surface area (Å²) in [6.45, 7) is 3.09. The van der Waals surface area contributed by atoms with Gasteiger partial charge in [0.25, 0.3) is 0 Å². The lowest BCUT2D eigenvalue weighted by Gasteiger charge is -2.01. The number of carbonyl (C=O) groups excluding carboxylic acids is 1. The normalized spacial score (nSPS) is 21.5. The number of hydrogen-bond donors (Lipinski definition) is 2. The average molecular weight is 248 g/mol. The Hall–Kier alpha value is -1.31. The highest BCUT2D eigenvalue weighted by molar-refractivity contribution is 7.12. The summed E-state index contributed by atoms with van der Waals surface area (Å²) in [6, 6.07) is 3.97. The summed E-state index contributed by atoms with van der Waals surface area (Å²) >= 11 is 1.60. The third-order valence-corrected chi connectivity index (χ3v) is 3.86. The Labute approximate surface area is 105 Å². The summed E-state index contributed by atoms with van der Waals surface area (Å²) in [4.78, 5) is 13.7. The van der Waals surface area contributed by atoms with Gasteiger partial charge in [0.15, 0.2) is 0 Å². The topological polar surface area (TPSA) is 55.1 Å². The first-order chi connectivity index (χ1) is 8.20. The molecule has 0 spiro atoms. The lowest BCUT2D eigenvalue weighted by molar-refractivity contribution is -0.122. The standard InChI is InChI=1S/C13H16N2OS/c1-9-7-12(9)13(16)15-8-11-5-4-10(17-11)3-2-6-14/h4-5,9,12H,6-8,14H2,1H3,(H,15,16). The molecule has 0 aliphatic heterocycles. The van der Waals surface area contributed by atoms with Crippen LogP contribution in [0.4, 0.5) is 0 Å². The third kappa shape index (κ3) is 3.32. The van der Waals surface area contributed by atoms with Crippen molar-refractivity contribution in [3.63, 3.8) is 0 Å². The molecule has 1 aromatic rings. The van der Waals surface area contributed by atoms with E-state index in [1.165, 1.54) is 0 Å². The SMILES string of the molecule is CC1CC1C(=O)NCc1ccc(C#CCN)s1. The van der Waals surface area contributed by atoms with Crippen molar-refractivity contribution in [2.75, 3.05) is 6.54 Å². The average Bonchev–Trinajstić information content (AvgIpc) is 2.89. The van der Waals surface area contributed by atoms with Crippen LogP contribution >= 0.6 is 11.3 Å². The van der Waals surface area contributed by atoms with Crippen LogP contribution in [0.1, 0.15) is 23.1 Å². The van der Waals surface area contributed by atoms with Gasteiger partial charge < -0.3 is 11.1 Å². The van der Waals surface area contributed by atoms with Crippen molar-refractivity contribution >= 4 is 17.2 Å². The Kier molecular flexibility index (Phi) is 3.82. The summed E-state index contributed by atoms with van der Waals surface area (Å²) in [7, 11) is 0. The number of carbonyl (C=O) groups is 1. The van der Waals surface area contributed by atoms with Crippen molar-refractivity contribution < 1.29 is 4.79 Å². The van der Waals surface area contributed by atoms with Gasteiger partial charge in [-0.2, -0.15) is 0 Å². The Morgan fingerprint density at radius 1 is 1.65 bits per heavy atom. The number of hydrogen-bond acceptors (Lipinski definition) is 3. The molecule has 4 heteroatoms. The Balaban J connectivity index is 1.83. The number of thiophene rings is 1. The van der Waals surface area contributed by atoms with Crippen LogP contribution in [0.2, 0.25) is 0 Å². The van der Waals surface area contributed by atoms with Gasteiger partial charge >= 0.3 is 0 Å². The highest BCUT2D eigenvalue weighted by Crippen LogP contribution is 2.37. The van der Waals surface area contributed by atoms with E-state index in [9.17, 15) is 4.79 Å². The summed E-state index contributed by atoms with van der Waals surface area (Å²) in [5, 5.41) is 2.96. The van der Waals surface area contributed by atoms with E-state index in [0.29, 0.717) is 19.0 Å².